The lowest BCUT2D eigenvalue weighted by Gasteiger charge is -2.41. The van der Waals surface area contributed by atoms with Gasteiger partial charge in [0.25, 0.3) is 0 Å². The molecule has 0 spiro atoms. The molecule has 1 heterocycles. The van der Waals surface area contributed by atoms with Gasteiger partial charge in [-0.05, 0) is 44.2 Å². The molecule has 0 aromatic heterocycles. The van der Waals surface area contributed by atoms with Gasteiger partial charge in [-0.1, -0.05) is 20.3 Å². The fourth-order valence-electron chi connectivity index (χ4n) is 2.97. The van der Waals surface area contributed by atoms with E-state index in [1.54, 1.807) is 0 Å². The second-order valence-electron chi connectivity index (χ2n) is 5.84. The number of nitrogens with one attached hydrogen (secondary N) is 1. The standard InChI is InChI=1S/C13H26N2/c1-3-8-14-12-5-9-15(10-12)11-13(2)6-4-7-13/h12,14H,3-11H2,1-2H3. The molecule has 1 aliphatic heterocycles. The summed E-state index contributed by atoms with van der Waals surface area (Å²) in [6.07, 6.45) is 6.99. The number of rotatable bonds is 5. The minimum Gasteiger partial charge on any atom is -0.313 e. The lowest BCUT2D eigenvalue weighted by molar-refractivity contribution is 0.0973. The zero-order valence-corrected chi connectivity index (χ0v) is 10.4. The molecule has 0 aromatic carbocycles. The van der Waals surface area contributed by atoms with E-state index in [-0.39, 0.29) is 0 Å². The molecule has 15 heavy (non-hydrogen) atoms. The van der Waals surface area contributed by atoms with E-state index in [9.17, 15) is 0 Å². The highest BCUT2D eigenvalue weighted by Crippen LogP contribution is 2.41. The molecule has 0 radical (unpaired) electrons. The summed E-state index contributed by atoms with van der Waals surface area (Å²) >= 11 is 0. The lowest BCUT2D eigenvalue weighted by atomic mass is 9.70. The van der Waals surface area contributed by atoms with Crippen molar-refractivity contribution in [2.45, 2.75) is 52.0 Å². The predicted molar refractivity (Wildman–Crippen MR) is 65.1 cm³/mol. The monoisotopic (exact) mass is 210 g/mol. The molecule has 2 fully saturated rings. The Bertz CT molecular complexity index is 199. The third-order valence-corrected chi connectivity index (χ3v) is 4.12. The Morgan fingerprint density at radius 1 is 1.40 bits per heavy atom. The van der Waals surface area contributed by atoms with Crippen molar-refractivity contribution >= 4 is 0 Å². The highest BCUT2D eigenvalue weighted by atomic mass is 15.2. The van der Waals surface area contributed by atoms with Gasteiger partial charge in [-0.15, -0.1) is 0 Å². The highest BCUT2D eigenvalue weighted by Gasteiger charge is 2.35. The van der Waals surface area contributed by atoms with Crippen molar-refractivity contribution < 1.29 is 0 Å². The first-order chi connectivity index (χ1) is 7.22. The van der Waals surface area contributed by atoms with E-state index in [4.69, 9.17) is 0 Å². The molecule has 2 rings (SSSR count). The Morgan fingerprint density at radius 2 is 2.20 bits per heavy atom. The Balaban J connectivity index is 1.68. The minimum atomic E-state index is 0.666. The van der Waals surface area contributed by atoms with Crippen LogP contribution < -0.4 is 5.32 Å². The van der Waals surface area contributed by atoms with Gasteiger partial charge in [0.05, 0.1) is 0 Å². The lowest BCUT2D eigenvalue weighted by Crippen LogP contribution is -2.41. The fourth-order valence-corrected chi connectivity index (χ4v) is 2.97. The second kappa shape index (κ2) is 4.84. The van der Waals surface area contributed by atoms with Crippen LogP contribution >= 0.6 is 0 Å². The van der Waals surface area contributed by atoms with E-state index >= 15 is 0 Å². The molecular formula is C13H26N2. The molecule has 1 aliphatic carbocycles. The van der Waals surface area contributed by atoms with E-state index in [2.05, 4.69) is 24.1 Å². The smallest absolute Gasteiger partial charge is 0.0207 e. The maximum Gasteiger partial charge on any atom is 0.0207 e. The minimum absolute atomic E-state index is 0.666. The maximum absolute atomic E-state index is 3.64. The molecular weight excluding hydrogens is 184 g/mol. The first-order valence-corrected chi connectivity index (χ1v) is 6.68. The van der Waals surface area contributed by atoms with Crippen LogP contribution in [0.2, 0.25) is 0 Å². The summed E-state index contributed by atoms with van der Waals surface area (Å²) in [5, 5.41) is 3.64. The Hall–Kier alpha value is -0.0800. The van der Waals surface area contributed by atoms with Gasteiger partial charge in [0, 0.05) is 19.1 Å². The molecule has 2 nitrogen and oxygen atoms in total. The van der Waals surface area contributed by atoms with Crippen LogP contribution in [0.15, 0.2) is 0 Å². The van der Waals surface area contributed by atoms with Crippen LogP contribution in [-0.4, -0.2) is 37.1 Å². The van der Waals surface area contributed by atoms with Crippen LogP contribution in [0.5, 0.6) is 0 Å². The third kappa shape index (κ3) is 2.94. The molecule has 1 unspecified atom stereocenters. The van der Waals surface area contributed by atoms with Gasteiger partial charge in [0.2, 0.25) is 0 Å². The van der Waals surface area contributed by atoms with Crippen LogP contribution in [-0.2, 0) is 0 Å². The van der Waals surface area contributed by atoms with Crippen molar-refractivity contribution in [3.05, 3.63) is 0 Å². The number of nitrogens with zero attached hydrogens (tertiary/aromatic N) is 1. The molecule has 2 heteroatoms. The molecule has 2 aliphatic rings. The number of hydrogen-bond donors (Lipinski definition) is 1. The Kier molecular flexibility index (Phi) is 3.68. The summed E-state index contributed by atoms with van der Waals surface area (Å²) in [7, 11) is 0. The average Bonchev–Trinajstić information content (AvgIpc) is 2.60. The van der Waals surface area contributed by atoms with Crippen molar-refractivity contribution in [1.29, 1.82) is 0 Å². The first kappa shape index (κ1) is 11.4. The predicted octanol–water partition coefficient (Wildman–Crippen LogP) is 2.25. The number of hydrogen-bond acceptors (Lipinski definition) is 2. The Morgan fingerprint density at radius 3 is 2.80 bits per heavy atom. The van der Waals surface area contributed by atoms with Gasteiger partial charge in [-0.3, -0.25) is 0 Å². The Labute approximate surface area is 94.4 Å². The molecule has 0 bridgehead atoms. The molecule has 0 aromatic rings. The molecule has 1 N–H and O–H groups in total. The maximum atomic E-state index is 3.64. The van der Waals surface area contributed by atoms with Gasteiger partial charge >= 0.3 is 0 Å². The fraction of sp³-hybridized carbons (Fsp3) is 1.00. The highest BCUT2D eigenvalue weighted by molar-refractivity contribution is 4.90. The SMILES string of the molecule is CCCNC1CCN(CC2(C)CCC2)C1. The van der Waals surface area contributed by atoms with Crippen molar-refractivity contribution in [1.82, 2.24) is 10.2 Å². The van der Waals surface area contributed by atoms with E-state index in [0.29, 0.717) is 5.41 Å². The van der Waals surface area contributed by atoms with Crippen LogP contribution in [0.3, 0.4) is 0 Å². The van der Waals surface area contributed by atoms with Crippen LogP contribution in [0, 0.1) is 5.41 Å². The van der Waals surface area contributed by atoms with Crippen LogP contribution in [0.1, 0.15) is 46.0 Å². The van der Waals surface area contributed by atoms with Crippen molar-refractivity contribution in [2.75, 3.05) is 26.2 Å². The van der Waals surface area contributed by atoms with Gasteiger partial charge in [0.1, 0.15) is 0 Å². The molecule has 1 saturated carbocycles. The van der Waals surface area contributed by atoms with E-state index in [1.165, 1.54) is 58.3 Å². The molecule has 1 saturated heterocycles. The van der Waals surface area contributed by atoms with Gasteiger partial charge in [-0.25, -0.2) is 0 Å². The molecule has 1 atom stereocenters. The third-order valence-electron chi connectivity index (χ3n) is 4.12. The van der Waals surface area contributed by atoms with Crippen LogP contribution in [0.25, 0.3) is 0 Å². The van der Waals surface area contributed by atoms with E-state index in [1.807, 2.05) is 0 Å². The zero-order chi connectivity index (χ0) is 10.7. The van der Waals surface area contributed by atoms with Crippen molar-refractivity contribution in [3.63, 3.8) is 0 Å². The zero-order valence-electron chi connectivity index (χ0n) is 10.4. The van der Waals surface area contributed by atoms with E-state index < -0.39 is 0 Å². The van der Waals surface area contributed by atoms with E-state index in [0.717, 1.165) is 6.04 Å². The van der Waals surface area contributed by atoms with Crippen molar-refractivity contribution in [3.8, 4) is 0 Å². The first-order valence-electron chi connectivity index (χ1n) is 6.68. The van der Waals surface area contributed by atoms with Gasteiger partial charge in [-0.2, -0.15) is 0 Å². The topological polar surface area (TPSA) is 15.3 Å². The quantitative estimate of drug-likeness (QED) is 0.749. The summed E-state index contributed by atoms with van der Waals surface area (Å²) in [4.78, 5) is 2.67. The van der Waals surface area contributed by atoms with Gasteiger partial charge in [0.15, 0.2) is 0 Å². The molecule has 0 amide bonds. The second-order valence-corrected chi connectivity index (χ2v) is 5.84. The number of likely N-dealkylation sites (tertiary alicyclic amines) is 1. The van der Waals surface area contributed by atoms with Crippen molar-refractivity contribution in [2.24, 2.45) is 5.41 Å². The van der Waals surface area contributed by atoms with Gasteiger partial charge < -0.3 is 10.2 Å². The van der Waals surface area contributed by atoms with Crippen LogP contribution in [0.4, 0.5) is 0 Å². The largest absolute Gasteiger partial charge is 0.313 e. The molecule has 88 valence electrons. The normalized spacial score (nSPS) is 30.4. The summed E-state index contributed by atoms with van der Waals surface area (Å²) in [6, 6.07) is 0.772. The summed E-state index contributed by atoms with van der Waals surface area (Å²) in [5.41, 5.74) is 0.666. The summed E-state index contributed by atoms with van der Waals surface area (Å²) < 4.78 is 0. The summed E-state index contributed by atoms with van der Waals surface area (Å²) in [6.45, 7) is 9.85. The average molecular weight is 210 g/mol. The summed E-state index contributed by atoms with van der Waals surface area (Å²) in [5.74, 6) is 0.